The minimum atomic E-state index is 0.107. The van der Waals surface area contributed by atoms with Crippen LogP contribution >= 0.6 is 23.2 Å². The van der Waals surface area contributed by atoms with Crippen molar-refractivity contribution in [3.05, 3.63) is 40.1 Å². The first-order valence-electron chi connectivity index (χ1n) is 4.72. The average Bonchev–Trinajstić information content (AvgIpc) is 2.22. The molecule has 2 aromatic rings. The van der Waals surface area contributed by atoms with Crippen LogP contribution in [0, 0.1) is 6.92 Å². The van der Waals surface area contributed by atoms with Crippen LogP contribution in [0.25, 0.3) is 0 Å². The van der Waals surface area contributed by atoms with Gasteiger partial charge >= 0.3 is 0 Å². The van der Waals surface area contributed by atoms with Gasteiger partial charge in [-0.2, -0.15) is 0 Å². The fourth-order valence-corrected chi connectivity index (χ4v) is 1.59. The zero-order valence-electron chi connectivity index (χ0n) is 8.82. The van der Waals surface area contributed by atoms with E-state index < -0.39 is 0 Å². The summed E-state index contributed by atoms with van der Waals surface area (Å²) in [5, 5.41) is 16.9. The van der Waals surface area contributed by atoms with Crippen LogP contribution in [0.2, 0.25) is 10.3 Å². The molecule has 17 heavy (non-hydrogen) atoms. The van der Waals surface area contributed by atoms with Gasteiger partial charge in [0.25, 0.3) is 0 Å². The smallest absolute Gasteiger partial charge is 0.194 e. The van der Waals surface area contributed by atoms with Crippen LogP contribution in [0.1, 0.15) is 5.56 Å². The van der Waals surface area contributed by atoms with Gasteiger partial charge in [-0.3, -0.25) is 0 Å². The number of aromatic nitrogens is 2. The maximum Gasteiger partial charge on any atom is 0.194 e. The van der Waals surface area contributed by atoms with E-state index in [0.29, 0.717) is 5.75 Å². The van der Waals surface area contributed by atoms with Gasteiger partial charge in [-0.15, -0.1) is 10.2 Å². The second kappa shape index (κ2) is 4.77. The van der Waals surface area contributed by atoms with Crippen molar-refractivity contribution in [3.8, 4) is 17.2 Å². The lowest BCUT2D eigenvalue weighted by atomic mass is 10.2. The molecule has 1 aromatic heterocycles. The Hall–Kier alpha value is -1.52. The fourth-order valence-electron chi connectivity index (χ4n) is 1.32. The molecule has 0 aliphatic heterocycles. The zero-order valence-corrected chi connectivity index (χ0v) is 10.3. The average molecular weight is 271 g/mol. The summed E-state index contributed by atoms with van der Waals surface area (Å²) in [6.07, 6.45) is 0. The number of aromatic hydroxyl groups is 1. The van der Waals surface area contributed by atoms with E-state index in [1.807, 2.05) is 6.92 Å². The molecule has 0 spiro atoms. The molecule has 1 N–H and O–H groups in total. The number of phenolic OH excluding ortho intramolecular Hbond substituents is 1. The molecule has 0 aliphatic rings. The number of aryl methyl sites for hydroxylation is 1. The number of hydrogen-bond donors (Lipinski definition) is 1. The van der Waals surface area contributed by atoms with Gasteiger partial charge in [0.05, 0.1) is 0 Å². The second-order valence-electron chi connectivity index (χ2n) is 3.43. The molecule has 1 heterocycles. The van der Waals surface area contributed by atoms with E-state index in [1.54, 1.807) is 12.1 Å². The molecule has 0 amide bonds. The third-order valence-electron chi connectivity index (χ3n) is 1.95. The van der Waals surface area contributed by atoms with Gasteiger partial charge in [-0.25, -0.2) is 0 Å². The van der Waals surface area contributed by atoms with E-state index in [9.17, 15) is 5.11 Å². The van der Waals surface area contributed by atoms with Crippen LogP contribution < -0.4 is 4.74 Å². The topological polar surface area (TPSA) is 55.2 Å². The number of benzene rings is 1. The summed E-state index contributed by atoms with van der Waals surface area (Å²) in [4.78, 5) is 0. The highest BCUT2D eigenvalue weighted by molar-refractivity contribution is 6.32. The number of rotatable bonds is 2. The van der Waals surface area contributed by atoms with Crippen molar-refractivity contribution in [1.82, 2.24) is 10.2 Å². The van der Waals surface area contributed by atoms with Crippen molar-refractivity contribution in [3.63, 3.8) is 0 Å². The monoisotopic (exact) mass is 270 g/mol. The summed E-state index contributed by atoms with van der Waals surface area (Å²) in [6, 6.07) is 6.30. The Kier molecular flexibility index (Phi) is 3.36. The standard InChI is InChI=1S/C11H8Cl2N2O2/c1-6-2-7(16)4-8(3-6)17-9-5-10(12)14-15-11(9)13/h2-5,16H,1H3. The summed E-state index contributed by atoms with van der Waals surface area (Å²) in [7, 11) is 0. The molecular weight excluding hydrogens is 263 g/mol. The molecule has 0 saturated carbocycles. The van der Waals surface area contributed by atoms with E-state index in [-0.39, 0.29) is 21.8 Å². The van der Waals surface area contributed by atoms with Crippen LogP contribution in [0.4, 0.5) is 0 Å². The van der Waals surface area contributed by atoms with Crippen LogP contribution in [0.5, 0.6) is 17.2 Å². The van der Waals surface area contributed by atoms with Gasteiger partial charge in [0, 0.05) is 12.1 Å². The van der Waals surface area contributed by atoms with Crippen molar-refractivity contribution in [2.75, 3.05) is 0 Å². The lowest BCUT2D eigenvalue weighted by Crippen LogP contribution is -1.90. The Balaban J connectivity index is 2.34. The van der Waals surface area contributed by atoms with Crippen molar-refractivity contribution in [1.29, 1.82) is 0 Å². The summed E-state index contributed by atoms with van der Waals surface area (Å²) < 4.78 is 5.47. The Morgan fingerprint density at radius 3 is 2.59 bits per heavy atom. The molecule has 0 unspecified atom stereocenters. The van der Waals surface area contributed by atoms with Gasteiger partial charge in [-0.05, 0) is 24.6 Å². The van der Waals surface area contributed by atoms with Crippen molar-refractivity contribution >= 4 is 23.2 Å². The molecule has 1 aromatic carbocycles. The highest BCUT2D eigenvalue weighted by Crippen LogP contribution is 2.31. The first-order valence-corrected chi connectivity index (χ1v) is 5.47. The normalized spacial score (nSPS) is 10.3. The zero-order chi connectivity index (χ0) is 12.4. The number of halogens is 2. The summed E-state index contributed by atoms with van der Waals surface area (Å²) in [5.41, 5.74) is 0.865. The Morgan fingerprint density at radius 1 is 1.12 bits per heavy atom. The molecule has 0 saturated heterocycles. The molecular formula is C11H8Cl2N2O2. The van der Waals surface area contributed by atoms with Crippen molar-refractivity contribution in [2.45, 2.75) is 6.92 Å². The molecule has 0 radical (unpaired) electrons. The quantitative estimate of drug-likeness (QED) is 0.906. The summed E-state index contributed by atoms with van der Waals surface area (Å²) in [6.45, 7) is 1.84. The van der Waals surface area contributed by atoms with E-state index in [2.05, 4.69) is 10.2 Å². The molecule has 2 rings (SSSR count). The SMILES string of the molecule is Cc1cc(O)cc(Oc2cc(Cl)nnc2Cl)c1. The minimum Gasteiger partial charge on any atom is -0.508 e. The van der Waals surface area contributed by atoms with E-state index >= 15 is 0 Å². The fraction of sp³-hybridized carbons (Fsp3) is 0.0909. The summed E-state index contributed by atoms with van der Waals surface area (Å²) in [5.74, 6) is 0.856. The largest absolute Gasteiger partial charge is 0.508 e. The third-order valence-corrected chi connectivity index (χ3v) is 2.40. The van der Waals surface area contributed by atoms with Gasteiger partial charge < -0.3 is 9.84 Å². The van der Waals surface area contributed by atoms with E-state index in [1.165, 1.54) is 12.1 Å². The maximum atomic E-state index is 9.43. The molecule has 4 nitrogen and oxygen atoms in total. The highest BCUT2D eigenvalue weighted by atomic mass is 35.5. The van der Waals surface area contributed by atoms with Crippen LogP contribution in [0.3, 0.4) is 0 Å². The number of hydrogen-bond acceptors (Lipinski definition) is 4. The first kappa shape index (κ1) is 12.0. The van der Waals surface area contributed by atoms with Crippen molar-refractivity contribution in [2.24, 2.45) is 0 Å². The summed E-state index contributed by atoms with van der Waals surface area (Å²) >= 11 is 11.5. The second-order valence-corrected chi connectivity index (χ2v) is 4.17. The highest BCUT2D eigenvalue weighted by Gasteiger charge is 2.07. The lowest BCUT2D eigenvalue weighted by Gasteiger charge is -2.07. The number of ether oxygens (including phenoxy) is 1. The van der Waals surface area contributed by atoms with Crippen molar-refractivity contribution < 1.29 is 9.84 Å². The minimum absolute atomic E-state index is 0.107. The predicted molar refractivity (Wildman–Crippen MR) is 65.0 cm³/mol. The predicted octanol–water partition coefficient (Wildman–Crippen LogP) is 3.59. The van der Waals surface area contributed by atoms with E-state index in [0.717, 1.165) is 5.56 Å². The number of nitrogens with zero attached hydrogens (tertiary/aromatic N) is 2. The first-order chi connectivity index (χ1) is 8.04. The third kappa shape index (κ3) is 2.99. The van der Waals surface area contributed by atoms with Gasteiger partial charge in [0.1, 0.15) is 11.5 Å². The van der Waals surface area contributed by atoms with Crippen LogP contribution in [0.15, 0.2) is 24.3 Å². The van der Waals surface area contributed by atoms with Gasteiger partial charge in [0.2, 0.25) is 0 Å². The Morgan fingerprint density at radius 2 is 1.88 bits per heavy atom. The Bertz CT molecular complexity index is 541. The maximum absolute atomic E-state index is 9.43. The number of phenols is 1. The van der Waals surface area contributed by atoms with Crippen LogP contribution in [-0.2, 0) is 0 Å². The molecule has 0 bridgehead atoms. The van der Waals surface area contributed by atoms with Gasteiger partial charge in [0.15, 0.2) is 16.1 Å². The molecule has 0 fully saturated rings. The lowest BCUT2D eigenvalue weighted by molar-refractivity contribution is 0.453. The molecule has 6 heteroatoms. The van der Waals surface area contributed by atoms with Crippen LogP contribution in [-0.4, -0.2) is 15.3 Å². The van der Waals surface area contributed by atoms with Gasteiger partial charge in [-0.1, -0.05) is 23.2 Å². The Labute approximate surface area is 108 Å². The van der Waals surface area contributed by atoms with E-state index in [4.69, 9.17) is 27.9 Å². The molecule has 0 atom stereocenters. The molecule has 88 valence electrons. The molecule has 0 aliphatic carbocycles.